The summed E-state index contributed by atoms with van der Waals surface area (Å²) in [4.78, 5) is 2.54. The molecule has 0 aromatic heterocycles. The van der Waals surface area contributed by atoms with Crippen molar-refractivity contribution in [2.45, 2.75) is 19.4 Å². The third-order valence-corrected chi connectivity index (χ3v) is 5.51. The molecule has 4 rings (SSSR count). The van der Waals surface area contributed by atoms with Gasteiger partial charge in [-0.25, -0.2) is 0 Å². The highest BCUT2D eigenvalue weighted by Crippen LogP contribution is 2.32. The monoisotopic (exact) mass is 373 g/mol. The van der Waals surface area contributed by atoms with Gasteiger partial charge in [0, 0.05) is 24.7 Å². The van der Waals surface area contributed by atoms with Gasteiger partial charge < -0.3 is 0 Å². The van der Waals surface area contributed by atoms with Crippen molar-refractivity contribution in [1.82, 2.24) is 4.90 Å². The maximum atomic E-state index is 6.01. The molecule has 1 nitrogen and oxygen atoms in total. The van der Waals surface area contributed by atoms with E-state index < -0.39 is 0 Å². The molecule has 3 aromatic rings. The SMILES string of the molecule is Clc1ccc(CN2CCC(=C(c3ccccc3)c3ccccc3)CC2)cc1. The van der Waals surface area contributed by atoms with Crippen molar-refractivity contribution in [2.24, 2.45) is 0 Å². The molecule has 0 aliphatic carbocycles. The molecule has 1 heterocycles. The van der Waals surface area contributed by atoms with E-state index in [-0.39, 0.29) is 0 Å². The van der Waals surface area contributed by atoms with Gasteiger partial charge in [-0.15, -0.1) is 0 Å². The van der Waals surface area contributed by atoms with Gasteiger partial charge in [0.2, 0.25) is 0 Å². The highest BCUT2D eigenvalue weighted by atomic mass is 35.5. The summed E-state index contributed by atoms with van der Waals surface area (Å²) in [7, 11) is 0. The zero-order valence-electron chi connectivity index (χ0n) is 15.4. The van der Waals surface area contributed by atoms with Crippen molar-refractivity contribution in [3.8, 4) is 0 Å². The van der Waals surface area contributed by atoms with Crippen molar-refractivity contribution in [2.75, 3.05) is 13.1 Å². The van der Waals surface area contributed by atoms with Crippen LogP contribution in [0, 0.1) is 0 Å². The Kier molecular flexibility index (Phi) is 5.72. The molecule has 0 N–H and O–H groups in total. The fraction of sp³-hybridized carbons (Fsp3) is 0.200. The Balaban J connectivity index is 1.55. The number of nitrogens with zero attached hydrogens (tertiary/aromatic N) is 1. The first-order valence-electron chi connectivity index (χ1n) is 9.59. The van der Waals surface area contributed by atoms with Gasteiger partial charge in [-0.2, -0.15) is 0 Å². The highest BCUT2D eigenvalue weighted by molar-refractivity contribution is 6.30. The maximum absolute atomic E-state index is 6.01. The molecule has 3 aromatic carbocycles. The number of hydrogen-bond acceptors (Lipinski definition) is 1. The van der Waals surface area contributed by atoms with Crippen molar-refractivity contribution >= 4 is 17.2 Å². The van der Waals surface area contributed by atoms with Gasteiger partial charge in [-0.05, 0) is 47.2 Å². The lowest BCUT2D eigenvalue weighted by Crippen LogP contribution is -2.30. The molecule has 0 spiro atoms. The molecule has 1 fully saturated rings. The third kappa shape index (κ3) is 4.50. The predicted octanol–water partition coefficient (Wildman–Crippen LogP) is 6.44. The Bertz CT molecular complexity index is 847. The molecule has 1 saturated heterocycles. The molecular weight excluding hydrogens is 350 g/mol. The van der Waals surface area contributed by atoms with Gasteiger partial charge >= 0.3 is 0 Å². The zero-order chi connectivity index (χ0) is 18.5. The number of rotatable bonds is 4. The predicted molar refractivity (Wildman–Crippen MR) is 115 cm³/mol. The number of benzene rings is 3. The number of likely N-dealkylation sites (tertiary alicyclic amines) is 1. The summed E-state index contributed by atoms with van der Waals surface area (Å²) in [5, 5.41) is 0.804. The van der Waals surface area contributed by atoms with E-state index in [9.17, 15) is 0 Å². The van der Waals surface area contributed by atoms with E-state index in [0.29, 0.717) is 0 Å². The fourth-order valence-corrected chi connectivity index (χ4v) is 3.99. The molecule has 2 heteroatoms. The molecule has 0 radical (unpaired) electrons. The molecular formula is C25H24ClN. The van der Waals surface area contributed by atoms with Crippen molar-refractivity contribution in [1.29, 1.82) is 0 Å². The minimum absolute atomic E-state index is 0.804. The van der Waals surface area contributed by atoms with Crippen molar-refractivity contribution < 1.29 is 0 Å². The Hall–Kier alpha value is -2.35. The minimum atomic E-state index is 0.804. The van der Waals surface area contributed by atoms with Gasteiger partial charge in [-0.1, -0.05) is 90.0 Å². The van der Waals surface area contributed by atoms with Crippen LogP contribution in [-0.2, 0) is 6.54 Å². The Morgan fingerprint density at radius 3 is 1.74 bits per heavy atom. The van der Waals surface area contributed by atoms with E-state index in [4.69, 9.17) is 11.6 Å². The van der Waals surface area contributed by atoms with Gasteiger partial charge in [-0.3, -0.25) is 4.90 Å². The van der Waals surface area contributed by atoms with Gasteiger partial charge in [0.15, 0.2) is 0 Å². The summed E-state index contributed by atoms with van der Waals surface area (Å²) in [6.45, 7) is 3.19. The molecule has 0 atom stereocenters. The molecule has 0 saturated carbocycles. The molecule has 0 unspecified atom stereocenters. The maximum Gasteiger partial charge on any atom is 0.0406 e. The van der Waals surface area contributed by atoms with E-state index in [1.807, 2.05) is 12.1 Å². The van der Waals surface area contributed by atoms with Crippen LogP contribution in [-0.4, -0.2) is 18.0 Å². The summed E-state index contributed by atoms with van der Waals surface area (Å²) in [6, 6.07) is 29.9. The molecule has 136 valence electrons. The molecule has 0 bridgehead atoms. The number of piperidine rings is 1. The highest BCUT2D eigenvalue weighted by Gasteiger charge is 2.19. The number of hydrogen-bond donors (Lipinski definition) is 0. The lowest BCUT2D eigenvalue weighted by atomic mass is 9.88. The van der Waals surface area contributed by atoms with Gasteiger partial charge in [0.05, 0.1) is 0 Å². The van der Waals surface area contributed by atoms with Crippen LogP contribution in [0.5, 0.6) is 0 Å². The first-order valence-corrected chi connectivity index (χ1v) is 9.97. The summed E-state index contributed by atoms with van der Waals surface area (Å²) in [5.41, 5.74) is 6.97. The summed E-state index contributed by atoms with van der Waals surface area (Å²) < 4.78 is 0. The first kappa shape index (κ1) is 18.0. The van der Waals surface area contributed by atoms with Crippen LogP contribution in [0.1, 0.15) is 29.5 Å². The minimum Gasteiger partial charge on any atom is -0.298 e. The largest absolute Gasteiger partial charge is 0.298 e. The second-order valence-electron chi connectivity index (χ2n) is 7.11. The summed E-state index contributed by atoms with van der Waals surface area (Å²) in [6.07, 6.45) is 2.24. The molecule has 27 heavy (non-hydrogen) atoms. The van der Waals surface area contributed by atoms with Crippen LogP contribution >= 0.6 is 11.6 Å². The Labute approximate surface area is 166 Å². The standard InChI is InChI=1S/C25H24ClN/c26-24-13-11-20(12-14-24)19-27-17-15-23(16-18-27)25(21-7-3-1-4-8-21)22-9-5-2-6-10-22/h1-14H,15-19H2. The Morgan fingerprint density at radius 2 is 1.22 bits per heavy atom. The summed E-state index contributed by atoms with van der Waals surface area (Å²) >= 11 is 6.01. The van der Waals surface area contributed by atoms with Gasteiger partial charge in [0.1, 0.15) is 0 Å². The normalized spacial score (nSPS) is 14.9. The van der Waals surface area contributed by atoms with Crippen LogP contribution in [0.2, 0.25) is 5.02 Å². The van der Waals surface area contributed by atoms with Crippen LogP contribution in [0.3, 0.4) is 0 Å². The van der Waals surface area contributed by atoms with Crippen molar-refractivity contribution in [3.63, 3.8) is 0 Å². The fourth-order valence-electron chi connectivity index (χ4n) is 3.86. The van der Waals surface area contributed by atoms with Crippen LogP contribution in [0.4, 0.5) is 0 Å². The Morgan fingerprint density at radius 1 is 0.704 bits per heavy atom. The second-order valence-corrected chi connectivity index (χ2v) is 7.55. The average molecular weight is 374 g/mol. The van der Waals surface area contributed by atoms with E-state index in [1.165, 1.54) is 22.3 Å². The van der Waals surface area contributed by atoms with Crippen LogP contribution < -0.4 is 0 Å². The lowest BCUT2D eigenvalue weighted by molar-refractivity contribution is 0.248. The number of halogens is 1. The van der Waals surface area contributed by atoms with Crippen LogP contribution in [0.25, 0.3) is 5.57 Å². The van der Waals surface area contributed by atoms with E-state index in [2.05, 4.69) is 77.7 Å². The zero-order valence-corrected chi connectivity index (χ0v) is 16.2. The quantitative estimate of drug-likeness (QED) is 0.508. The van der Waals surface area contributed by atoms with Crippen molar-refractivity contribution in [3.05, 3.63) is 112 Å². The molecule has 1 aliphatic rings. The lowest BCUT2D eigenvalue weighted by Gasteiger charge is -2.30. The average Bonchev–Trinajstić information content (AvgIpc) is 2.73. The topological polar surface area (TPSA) is 3.24 Å². The van der Waals surface area contributed by atoms with E-state index in [1.54, 1.807) is 5.57 Å². The second kappa shape index (κ2) is 8.56. The van der Waals surface area contributed by atoms with Gasteiger partial charge in [0.25, 0.3) is 0 Å². The third-order valence-electron chi connectivity index (χ3n) is 5.26. The van der Waals surface area contributed by atoms with E-state index in [0.717, 1.165) is 37.5 Å². The smallest absolute Gasteiger partial charge is 0.0406 e. The molecule has 1 aliphatic heterocycles. The first-order chi connectivity index (χ1) is 13.3. The van der Waals surface area contributed by atoms with Crippen LogP contribution in [0.15, 0.2) is 90.5 Å². The summed E-state index contributed by atoms with van der Waals surface area (Å²) in [5.74, 6) is 0. The van der Waals surface area contributed by atoms with E-state index >= 15 is 0 Å². The molecule has 0 amide bonds.